The number of carbonyl (C=O) groups excluding carboxylic acids is 1. The Balaban J connectivity index is 2.49. The van der Waals surface area contributed by atoms with Crippen LogP contribution < -0.4 is 0 Å². The molecule has 0 spiro atoms. The van der Waals surface area contributed by atoms with Gasteiger partial charge >= 0.3 is 0 Å². The quantitative estimate of drug-likeness (QED) is 0.595. The summed E-state index contributed by atoms with van der Waals surface area (Å²) >= 11 is 0. The first-order chi connectivity index (χ1) is 5.29. The Bertz CT molecular complexity index is 144. The Morgan fingerprint density at radius 2 is 2.27 bits per heavy atom. The molecule has 1 atom stereocenters. The van der Waals surface area contributed by atoms with Crippen molar-refractivity contribution in [3.8, 4) is 0 Å². The molecular weight excluding hydrogens is 138 g/mol. The van der Waals surface area contributed by atoms with Gasteiger partial charge in [-0.15, -0.1) is 0 Å². The van der Waals surface area contributed by atoms with Crippen molar-refractivity contribution >= 4 is 5.91 Å². The van der Waals surface area contributed by atoms with Crippen LogP contribution in [-0.2, 0) is 4.79 Å². The number of carbonyl (C=O) groups is 1. The first-order valence-electron chi connectivity index (χ1n) is 4.59. The smallest absolute Gasteiger partial charge is 0.222 e. The first-order valence-corrected chi connectivity index (χ1v) is 4.59. The maximum atomic E-state index is 11.3. The number of likely N-dealkylation sites (tertiary alicyclic amines) is 1. The van der Waals surface area contributed by atoms with E-state index in [4.69, 9.17) is 0 Å². The molecule has 11 heavy (non-hydrogen) atoms. The Hall–Kier alpha value is -0.530. The van der Waals surface area contributed by atoms with E-state index in [1.165, 1.54) is 12.8 Å². The maximum Gasteiger partial charge on any atom is 0.222 e. The molecule has 64 valence electrons. The predicted molar refractivity (Wildman–Crippen MR) is 45.3 cm³/mol. The lowest BCUT2D eigenvalue weighted by Crippen LogP contribution is -2.34. The summed E-state index contributed by atoms with van der Waals surface area (Å²) in [6, 6.07) is 0.544. The summed E-state index contributed by atoms with van der Waals surface area (Å²) in [6.07, 6.45) is 4.19. The number of hydrogen-bond acceptors (Lipinski definition) is 1. The fourth-order valence-corrected chi connectivity index (χ4v) is 1.79. The van der Waals surface area contributed by atoms with Gasteiger partial charge in [-0.05, 0) is 19.3 Å². The van der Waals surface area contributed by atoms with Gasteiger partial charge in [0.2, 0.25) is 5.91 Å². The predicted octanol–water partition coefficient (Wildman–Crippen LogP) is 1.80. The normalized spacial score (nSPS) is 24.2. The number of rotatable bonds is 2. The third-order valence-electron chi connectivity index (χ3n) is 2.47. The van der Waals surface area contributed by atoms with Crippen LogP contribution in [0.25, 0.3) is 0 Å². The van der Waals surface area contributed by atoms with Crippen molar-refractivity contribution in [2.75, 3.05) is 6.54 Å². The van der Waals surface area contributed by atoms with Crippen LogP contribution in [0.15, 0.2) is 0 Å². The molecule has 0 radical (unpaired) electrons. The topological polar surface area (TPSA) is 20.3 Å². The van der Waals surface area contributed by atoms with Crippen molar-refractivity contribution < 1.29 is 4.79 Å². The summed E-state index contributed by atoms with van der Waals surface area (Å²) in [5.74, 6) is 0.328. The van der Waals surface area contributed by atoms with Crippen LogP contribution in [0.4, 0.5) is 0 Å². The van der Waals surface area contributed by atoms with Crippen LogP contribution in [-0.4, -0.2) is 23.4 Å². The molecule has 1 rings (SSSR count). The zero-order valence-electron chi connectivity index (χ0n) is 7.47. The minimum absolute atomic E-state index is 0.328. The van der Waals surface area contributed by atoms with E-state index in [1.54, 1.807) is 0 Å². The van der Waals surface area contributed by atoms with E-state index in [-0.39, 0.29) is 0 Å². The van der Waals surface area contributed by atoms with Gasteiger partial charge in [-0.2, -0.15) is 0 Å². The minimum atomic E-state index is 0.328. The zero-order valence-corrected chi connectivity index (χ0v) is 7.47. The molecule has 0 aromatic rings. The third kappa shape index (κ3) is 1.73. The lowest BCUT2D eigenvalue weighted by atomic mass is 10.2. The van der Waals surface area contributed by atoms with E-state index < -0.39 is 0 Å². The number of nitrogens with zero attached hydrogens (tertiary/aromatic N) is 1. The molecule has 1 amide bonds. The van der Waals surface area contributed by atoms with Gasteiger partial charge in [0.05, 0.1) is 0 Å². The molecule has 0 bridgehead atoms. The van der Waals surface area contributed by atoms with Crippen LogP contribution in [0.2, 0.25) is 0 Å². The average Bonchev–Trinajstić information content (AvgIpc) is 2.50. The molecule has 2 heteroatoms. The van der Waals surface area contributed by atoms with Gasteiger partial charge in [0.25, 0.3) is 0 Å². The average molecular weight is 155 g/mol. The summed E-state index contributed by atoms with van der Waals surface area (Å²) < 4.78 is 0. The van der Waals surface area contributed by atoms with Crippen molar-refractivity contribution in [3.63, 3.8) is 0 Å². The molecule has 1 aliphatic heterocycles. The monoisotopic (exact) mass is 155 g/mol. The summed E-state index contributed by atoms with van der Waals surface area (Å²) in [4.78, 5) is 13.4. The Morgan fingerprint density at radius 1 is 1.55 bits per heavy atom. The molecule has 1 fully saturated rings. The molecule has 1 saturated heterocycles. The highest BCUT2D eigenvalue weighted by atomic mass is 16.2. The van der Waals surface area contributed by atoms with E-state index >= 15 is 0 Å². The largest absolute Gasteiger partial charge is 0.340 e. The second kappa shape index (κ2) is 3.74. The SMILES string of the molecule is CCC(=O)N1CCCC1CC. The molecule has 1 unspecified atom stereocenters. The van der Waals surface area contributed by atoms with Gasteiger partial charge in [-0.1, -0.05) is 13.8 Å². The van der Waals surface area contributed by atoms with Crippen LogP contribution >= 0.6 is 0 Å². The Morgan fingerprint density at radius 3 is 2.82 bits per heavy atom. The summed E-state index contributed by atoms with van der Waals surface area (Å²) in [5, 5.41) is 0. The van der Waals surface area contributed by atoms with E-state index in [0.29, 0.717) is 18.4 Å². The van der Waals surface area contributed by atoms with Gasteiger partial charge in [-0.25, -0.2) is 0 Å². The highest BCUT2D eigenvalue weighted by Crippen LogP contribution is 2.20. The molecule has 0 aromatic carbocycles. The van der Waals surface area contributed by atoms with Gasteiger partial charge in [0, 0.05) is 19.0 Å². The molecule has 0 N–H and O–H groups in total. The number of hydrogen-bond donors (Lipinski definition) is 0. The standard InChI is InChI=1S/C9H17NO/c1-3-8-6-5-7-10(8)9(11)4-2/h8H,3-7H2,1-2H3. The Kier molecular flexibility index (Phi) is 2.92. The number of amides is 1. The molecule has 0 aliphatic carbocycles. The zero-order chi connectivity index (χ0) is 8.27. The minimum Gasteiger partial charge on any atom is -0.340 e. The van der Waals surface area contributed by atoms with Crippen LogP contribution in [0.3, 0.4) is 0 Å². The van der Waals surface area contributed by atoms with E-state index in [1.807, 2.05) is 11.8 Å². The molecule has 0 aromatic heterocycles. The molecule has 2 nitrogen and oxygen atoms in total. The van der Waals surface area contributed by atoms with Crippen LogP contribution in [0.5, 0.6) is 0 Å². The van der Waals surface area contributed by atoms with Crippen LogP contribution in [0.1, 0.15) is 39.5 Å². The van der Waals surface area contributed by atoms with Crippen molar-refractivity contribution in [1.82, 2.24) is 4.90 Å². The molecule has 1 heterocycles. The molecular formula is C9H17NO. The molecule has 0 saturated carbocycles. The second-order valence-electron chi connectivity index (χ2n) is 3.14. The van der Waals surface area contributed by atoms with E-state index in [9.17, 15) is 4.79 Å². The second-order valence-corrected chi connectivity index (χ2v) is 3.14. The lowest BCUT2D eigenvalue weighted by molar-refractivity contribution is -0.131. The molecule has 1 aliphatic rings. The highest BCUT2D eigenvalue weighted by molar-refractivity contribution is 5.76. The fourth-order valence-electron chi connectivity index (χ4n) is 1.79. The lowest BCUT2D eigenvalue weighted by Gasteiger charge is -2.22. The Labute approximate surface area is 68.6 Å². The summed E-state index contributed by atoms with van der Waals surface area (Å²) in [7, 11) is 0. The van der Waals surface area contributed by atoms with E-state index in [2.05, 4.69) is 6.92 Å². The van der Waals surface area contributed by atoms with Gasteiger partial charge < -0.3 is 4.90 Å². The third-order valence-corrected chi connectivity index (χ3v) is 2.47. The van der Waals surface area contributed by atoms with Gasteiger partial charge in [0.1, 0.15) is 0 Å². The maximum absolute atomic E-state index is 11.3. The van der Waals surface area contributed by atoms with Gasteiger partial charge in [-0.3, -0.25) is 4.79 Å². The summed E-state index contributed by atoms with van der Waals surface area (Å²) in [5.41, 5.74) is 0. The van der Waals surface area contributed by atoms with E-state index in [0.717, 1.165) is 13.0 Å². The van der Waals surface area contributed by atoms with Gasteiger partial charge in [0.15, 0.2) is 0 Å². The van der Waals surface area contributed by atoms with Crippen molar-refractivity contribution in [2.45, 2.75) is 45.6 Å². The van der Waals surface area contributed by atoms with Crippen LogP contribution in [0, 0.1) is 0 Å². The first kappa shape index (κ1) is 8.57. The fraction of sp³-hybridized carbons (Fsp3) is 0.889. The van der Waals surface area contributed by atoms with Crippen molar-refractivity contribution in [1.29, 1.82) is 0 Å². The highest BCUT2D eigenvalue weighted by Gasteiger charge is 2.25. The van der Waals surface area contributed by atoms with Crippen molar-refractivity contribution in [3.05, 3.63) is 0 Å². The summed E-state index contributed by atoms with van der Waals surface area (Å²) in [6.45, 7) is 5.09. The van der Waals surface area contributed by atoms with Crippen molar-refractivity contribution in [2.24, 2.45) is 0 Å².